The van der Waals surface area contributed by atoms with E-state index in [0.29, 0.717) is 0 Å². The van der Waals surface area contributed by atoms with E-state index < -0.39 is 0 Å². The number of aldehydes is 1. The van der Waals surface area contributed by atoms with Crippen LogP contribution < -0.4 is 0 Å². The minimum Gasteiger partial charge on any atom is -0.306 e. The van der Waals surface area contributed by atoms with Crippen molar-refractivity contribution in [3.63, 3.8) is 0 Å². The molecule has 0 fully saturated rings. The van der Waals surface area contributed by atoms with Crippen LogP contribution in [0, 0.1) is 0 Å². The van der Waals surface area contributed by atoms with Gasteiger partial charge in [-0.3, -0.25) is 4.79 Å². The Morgan fingerprint density at radius 2 is 2.07 bits per heavy atom. The fourth-order valence-corrected chi connectivity index (χ4v) is 1.41. The van der Waals surface area contributed by atoms with Gasteiger partial charge >= 0.3 is 0 Å². The number of hydrogen-bond donors (Lipinski definition) is 0. The van der Waals surface area contributed by atoms with Crippen LogP contribution in [0.1, 0.15) is 5.56 Å². The summed E-state index contributed by atoms with van der Waals surface area (Å²) in [7, 11) is 0. The van der Waals surface area contributed by atoms with E-state index in [9.17, 15) is 4.79 Å². The number of benzene rings is 1. The number of allylic oxidation sites excluding steroid dienone is 1. The Balaban J connectivity index is 2.47. The summed E-state index contributed by atoms with van der Waals surface area (Å²) in [5.74, 6) is 0. The van der Waals surface area contributed by atoms with Crippen LogP contribution >= 0.6 is 0 Å². The maximum Gasteiger partial charge on any atom is 0.144 e. The summed E-state index contributed by atoms with van der Waals surface area (Å²) in [5, 5.41) is 0. The van der Waals surface area contributed by atoms with Crippen molar-refractivity contribution in [2.45, 2.75) is 0 Å². The third kappa shape index (κ3) is 2.02. The highest BCUT2D eigenvalue weighted by Gasteiger charge is 2.01. The average Bonchev–Trinajstić information content (AvgIpc) is 2.80. The molecule has 3 nitrogen and oxygen atoms in total. The summed E-state index contributed by atoms with van der Waals surface area (Å²) in [5.41, 5.74) is 1.81. The topological polar surface area (TPSA) is 34.9 Å². The lowest BCUT2D eigenvalue weighted by Crippen LogP contribution is -1.96. The van der Waals surface area contributed by atoms with Gasteiger partial charge in [-0.05, 0) is 5.56 Å². The summed E-state index contributed by atoms with van der Waals surface area (Å²) in [6.45, 7) is 0. The third-order valence-electron chi connectivity index (χ3n) is 2.08. The minimum absolute atomic E-state index is 0.780. The molecule has 1 aromatic heterocycles. The Labute approximate surface area is 87.7 Å². The lowest BCUT2D eigenvalue weighted by atomic mass is 10.1. The molecule has 0 saturated carbocycles. The van der Waals surface area contributed by atoms with E-state index in [1.165, 1.54) is 6.08 Å². The van der Waals surface area contributed by atoms with Gasteiger partial charge in [-0.15, -0.1) is 0 Å². The maximum atomic E-state index is 10.6. The van der Waals surface area contributed by atoms with E-state index in [-0.39, 0.29) is 0 Å². The molecule has 0 N–H and O–H groups in total. The van der Waals surface area contributed by atoms with Gasteiger partial charge in [-0.2, -0.15) is 0 Å². The van der Waals surface area contributed by atoms with Crippen LogP contribution in [0.4, 0.5) is 0 Å². The van der Waals surface area contributed by atoms with Crippen LogP contribution in [-0.2, 0) is 4.79 Å². The van der Waals surface area contributed by atoms with Crippen LogP contribution in [0.3, 0.4) is 0 Å². The molecule has 0 amide bonds. The summed E-state index contributed by atoms with van der Waals surface area (Å²) in [6.07, 6.45) is 7.46. The second-order valence-electron chi connectivity index (χ2n) is 3.02. The molecule has 0 bridgehead atoms. The van der Waals surface area contributed by atoms with Gasteiger partial charge in [0.15, 0.2) is 0 Å². The second-order valence-corrected chi connectivity index (χ2v) is 3.02. The summed E-state index contributed by atoms with van der Waals surface area (Å²) in [6, 6.07) is 9.72. The Bertz CT molecular complexity index is 458. The molecule has 3 heteroatoms. The molecule has 1 heterocycles. The molecule has 0 radical (unpaired) electrons. The molecule has 74 valence electrons. The van der Waals surface area contributed by atoms with Gasteiger partial charge in [-0.1, -0.05) is 30.3 Å². The van der Waals surface area contributed by atoms with Crippen molar-refractivity contribution in [1.82, 2.24) is 9.55 Å². The molecule has 0 atom stereocenters. The molecular formula is C12H10N2O. The first-order valence-corrected chi connectivity index (χ1v) is 4.61. The van der Waals surface area contributed by atoms with Crippen molar-refractivity contribution >= 4 is 12.0 Å². The monoisotopic (exact) mass is 198 g/mol. The van der Waals surface area contributed by atoms with Gasteiger partial charge in [0.05, 0.1) is 12.0 Å². The van der Waals surface area contributed by atoms with Gasteiger partial charge in [0, 0.05) is 18.5 Å². The Kier molecular flexibility index (Phi) is 2.74. The molecule has 1 aromatic carbocycles. The molecule has 0 spiro atoms. The zero-order valence-corrected chi connectivity index (χ0v) is 8.08. The fourth-order valence-electron chi connectivity index (χ4n) is 1.41. The fraction of sp³-hybridized carbons (Fsp3) is 0. The van der Waals surface area contributed by atoms with Crippen LogP contribution in [0.2, 0.25) is 0 Å². The van der Waals surface area contributed by atoms with Crippen LogP contribution in [0.5, 0.6) is 0 Å². The van der Waals surface area contributed by atoms with Gasteiger partial charge in [-0.25, -0.2) is 4.98 Å². The van der Waals surface area contributed by atoms with Crippen LogP contribution in [0.15, 0.2) is 55.1 Å². The number of carbonyl (C=O) groups excluding carboxylic acids is 1. The van der Waals surface area contributed by atoms with Crippen molar-refractivity contribution in [2.24, 2.45) is 0 Å². The maximum absolute atomic E-state index is 10.6. The summed E-state index contributed by atoms with van der Waals surface area (Å²) < 4.78 is 1.81. The molecule has 0 aliphatic carbocycles. The predicted octanol–water partition coefficient (Wildman–Crippen LogP) is 1.97. The van der Waals surface area contributed by atoms with Crippen LogP contribution in [-0.4, -0.2) is 15.8 Å². The number of imidazole rings is 1. The molecule has 0 unspecified atom stereocenters. The molecule has 0 aliphatic heterocycles. The minimum atomic E-state index is 0.780. The normalized spacial score (nSPS) is 11.3. The van der Waals surface area contributed by atoms with Gasteiger partial charge in [0.2, 0.25) is 0 Å². The average molecular weight is 198 g/mol. The van der Waals surface area contributed by atoms with Gasteiger partial charge < -0.3 is 4.57 Å². The molecule has 0 saturated heterocycles. The van der Waals surface area contributed by atoms with Crippen LogP contribution in [0.25, 0.3) is 5.70 Å². The number of carbonyl (C=O) groups is 1. The number of rotatable bonds is 3. The first-order valence-electron chi connectivity index (χ1n) is 4.61. The lowest BCUT2D eigenvalue weighted by molar-refractivity contribution is -0.104. The van der Waals surface area contributed by atoms with E-state index in [1.54, 1.807) is 12.5 Å². The zero-order valence-electron chi connectivity index (χ0n) is 8.08. The highest BCUT2D eigenvalue weighted by Crippen LogP contribution is 2.15. The Morgan fingerprint density at radius 1 is 1.27 bits per heavy atom. The van der Waals surface area contributed by atoms with Crippen molar-refractivity contribution in [1.29, 1.82) is 0 Å². The molecule has 15 heavy (non-hydrogen) atoms. The van der Waals surface area contributed by atoms with Crippen molar-refractivity contribution in [3.8, 4) is 0 Å². The molecular weight excluding hydrogens is 188 g/mol. The molecule has 2 aromatic rings. The largest absolute Gasteiger partial charge is 0.306 e. The van der Waals surface area contributed by atoms with E-state index in [2.05, 4.69) is 4.98 Å². The highest BCUT2D eigenvalue weighted by atomic mass is 16.1. The van der Waals surface area contributed by atoms with E-state index in [1.807, 2.05) is 41.1 Å². The van der Waals surface area contributed by atoms with Crippen molar-refractivity contribution < 1.29 is 4.79 Å². The van der Waals surface area contributed by atoms with E-state index in [4.69, 9.17) is 0 Å². The summed E-state index contributed by atoms with van der Waals surface area (Å²) >= 11 is 0. The molecule has 0 aliphatic rings. The van der Waals surface area contributed by atoms with E-state index >= 15 is 0 Å². The van der Waals surface area contributed by atoms with Crippen molar-refractivity contribution in [3.05, 3.63) is 60.7 Å². The van der Waals surface area contributed by atoms with Gasteiger partial charge in [0.1, 0.15) is 6.29 Å². The number of aromatic nitrogens is 2. The standard InChI is InChI=1S/C12H10N2O/c15-9-6-12(14-8-7-13-10-14)11-4-2-1-3-5-11/h1-10H. The highest BCUT2D eigenvalue weighted by molar-refractivity contribution is 5.81. The smallest absolute Gasteiger partial charge is 0.144 e. The van der Waals surface area contributed by atoms with E-state index in [0.717, 1.165) is 17.5 Å². The quantitative estimate of drug-likeness (QED) is 0.558. The van der Waals surface area contributed by atoms with Crippen molar-refractivity contribution in [2.75, 3.05) is 0 Å². The Hall–Kier alpha value is -2.16. The molecule has 2 rings (SSSR count). The third-order valence-corrected chi connectivity index (χ3v) is 2.08. The zero-order chi connectivity index (χ0) is 10.5. The van der Waals surface area contributed by atoms with Gasteiger partial charge in [0.25, 0.3) is 0 Å². The predicted molar refractivity (Wildman–Crippen MR) is 58.1 cm³/mol. The SMILES string of the molecule is O=CC=C(c1ccccc1)n1ccnc1. The second kappa shape index (κ2) is 4.37. The Morgan fingerprint density at radius 3 is 2.67 bits per heavy atom. The lowest BCUT2D eigenvalue weighted by Gasteiger charge is -2.06. The first kappa shape index (κ1) is 9.40. The number of nitrogens with zero attached hydrogens (tertiary/aromatic N) is 2. The first-order chi connectivity index (χ1) is 7.42. The number of hydrogen-bond acceptors (Lipinski definition) is 2. The summed E-state index contributed by atoms with van der Waals surface area (Å²) in [4.78, 5) is 14.5.